The Morgan fingerprint density at radius 1 is 1.45 bits per heavy atom. The molecule has 1 saturated carbocycles. The molecule has 20 heavy (non-hydrogen) atoms. The van der Waals surface area contributed by atoms with Gasteiger partial charge in [0.15, 0.2) is 0 Å². The average Bonchev–Trinajstić information content (AvgIpc) is 3.02. The predicted octanol–water partition coefficient (Wildman–Crippen LogP) is 2.20. The normalized spacial score (nSPS) is 25.6. The van der Waals surface area contributed by atoms with Gasteiger partial charge in [-0.05, 0) is 25.7 Å². The van der Waals surface area contributed by atoms with Gasteiger partial charge in [0.1, 0.15) is 0 Å². The van der Waals surface area contributed by atoms with Gasteiger partial charge in [0.2, 0.25) is 5.91 Å². The van der Waals surface area contributed by atoms with Crippen molar-refractivity contribution in [3.8, 4) is 0 Å². The van der Waals surface area contributed by atoms with Crippen molar-refractivity contribution in [2.24, 2.45) is 17.8 Å². The third-order valence-electron chi connectivity index (χ3n) is 4.00. The first-order valence-electron chi connectivity index (χ1n) is 6.93. The summed E-state index contributed by atoms with van der Waals surface area (Å²) in [5, 5.41) is 13.1. The SMILES string of the molecule is CCC1CC(C(=O)O)C(C(=O)NCc2cnc(C)s2)C1. The highest BCUT2D eigenvalue weighted by atomic mass is 32.1. The second kappa shape index (κ2) is 6.35. The first-order chi connectivity index (χ1) is 9.51. The van der Waals surface area contributed by atoms with E-state index in [4.69, 9.17) is 0 Å². The fourth-order valence-electron chi connectivity index (χ4n) is 2.83. The third kappa shape index (κ3) is 3.36. The smallest absolute Gasteiger partial charge is 0.307 e. The number of nitrogens with zero attached hydrogens (tertiary/aromatic N) is 1. The van der Waals surface area contributed by atoms with E-state index in [0.717, 1.165) is 16.3 Å². The molecule has 2 rings (SSSR count). The molecule has 1 fully saturated rings. The Labute approximate surface area is 122 Å². The monoisotopic (exact) mass is 296 g/mol. The predicted molar refractivity (Wildman–Crippen MR) is 76.3 cm³/mol. The van der Waals surface area contributed by atoms with Crippen molar-refractivity contribution < 1.29 is 14.7 Å². The maximum Gasteiger partial charge on any atom is 0.307 e. The fourth-order valence-corrected chi connectivity index (χ4v) is 3.57. The molecule has 3 atom stereocenters. The molecule has 110 valence electrons. The summed E-state index contributed by atoms with van der Waals surface area (Å²) >= 11 is 1.54. The lowest BCUT2D eigenvalue weighted by atomic mass is 9.95. The van der Waals surface area contributed by atoms with Crippen LogP contribution in [0.15, 0.2) is 6.20 Å². The van der Waals surface area contributed by atoms with Crippen LogP contribution in [0, 0.1) is 24.7 Å². The minimum Gasteiger partial charge on any atom is -0.481 e. The van der Waals surface area contributed by atoms with E-state index in [9.17, 15) is 14.7 Å². The molecule has 0 radical (unpaired) electrons. The van der Waals surface area contributed by atoms with Gasteiger partial charge in [-0.1, -0.05) is 13.3 Å². The molecule has 2 N–H and O–H groups in total. The number of amides is 1. The molecule has 1 amide bonds. The summed E-state index contributed by atoms with van der Waals surface area (Å²) in [5.74, 6) is -1.58. The number of aliphatic carboxylic acids is 1. The van der Waals surface area contributed by atoms with Crippen molar-refractivity contribution in [2.75, 3.05) is 0 Å². The first kappa shape index (κ1) is 15.0. The Morgan fingerprint density at radius 2 is 2.15 bits per heavy atom. The maximum absolute atomic E-state index is 12.2. The van der Waals surface area contributed by atoms with Gasteiger partial charge in [-0.15, -0.1) is 11.3 Å². The molecular weight excluding hydrogens is 276 g/mol. The van der Waals surface area contributed by atoms with E-state index in [1.54, 1.807) is 17.5 Å². The molecule has 0 saturated heterocycles. The third-order valence-corrected chi connectivity index (χ3v) is 4.91. The zero-order chi connectivity index (χ0) is 14.7. The molecule has 1 aromatic rings. The van der Waals surface area contributed by atoms with Crippen LogP contribution in [0.4, 0.5) is 0 Å². The number of aromatic nitrogens is 1. The van der Waals surface area contributed by atoms with Gasteiger partial charge in [0, 0.05) is 11.1 Å². The van der Waals surface area contributed by atoms with Crippen LogP contribution in [0.3, 0.4) is 0 Å². The Hall–Kier alpha value is -1.43. The van der Waals surface area contributed by atoms with E-state index in [1.165, 1.54) is 0 Å². The van der Waals surface area contributed by atoms with Crippen LogP contribution in [0.5, 0.6) is 0 Å². The molecule has 0 spiro atoms. The summed E-state index contributed by atoms with van der Waals surface area (Å²) in [5.41, 5.74) is 0. The molecule has 0 aromatic carbocycles. The first-order valence-corrected chi connectivity index (χ1v) is 7.74. The summed E-state index contributed by atoms with van der Waals surface area (Å²) in [6.45, 7) is 4.40. The lowest BCUT2D eigenvalue weighted by molar-refractivity contribution is -0.146. The van der Waals surface area contributed by atoms with E-state index in [1.807, 2.05) is 13.8 Å². The van der Waals surface area contributed by atoms with Crippen LogP contribution >= 0.6 is 11.3 Å². The van der Waals surface area contributed by atoms with Gasteiger partial charge in [-0.25, -0.2) is 4.98 Å². The van der Waals surface area contributed by atoms with Crippen molar-refractivity contribution in [3.63, 3.8) is 0 Å². The minimum atomic E-state index is -0.852. The van der Waals surface area contributed by atoms with Crippen molar-refractivity contribution in [3.05, 3.63) is 16.1 Å². The average molecular weight is 296 g/mol. The topological polar surface area (TPSA) is 79.3 Å². The van der Waals surface area contributed by atoms with Crippen molar-refractivity contribution >= 4 is 23.2 Å². The molecule has 6 heteroatoms. The molecule has 1 aromatic heterocycles. The molecular formula is C14H20N2O3S. The van der Waals surface area contributed by atoms with Crippen molar-refractivity contribution in [2.45, 2.75) is 39.7 Å². The van der Waals surface area contributed by atoms with Crippen LogP contribution in [0.25, 0.3) is 0 Å². The number of hydrogen-bond donors (Lipinski definition) is 2. The van der Waals surface area contributed by atoms with Gasteiger partial charge in [0.05, 0.1) is 23.4 Å². The summed E-state index contributed by atoms with van der Waals surface area (Å²) in [4.78, 5) is 28.6. The number of hydrogen-bond acceptors (Lipinski definition) is 4. The van der Waals surface area contributed by atoms with Gasteiger partial charge in [-0.3, -0.25) is 9.59 Å². The Kier molecular flexibility index (Phi) is 4.75. The Bertz CT molecular complexity index is 500. The lowest BCUT2D eigenvalue weighted by Gasteiger charge is -2.15. The Morgan fingerprint density at radius 3 is 2.70 bits per heavy atom. The largest absolute Gasteiger partial charge is 0.481 e. The van der Waals surface area contributed by atoms with Gasteiger partial charge in [-0.2, -0.15) is 0 Å². The quantitative estimate of drug-likeness (QED) is 0.873. The van der Waals surface area contributed by atoms with E-state index >= 15 is 0 Å². The summed E-state index contributed by atoms with van der Waals surface area (Å²) in [6, 6.07) is 0. The lowest BCUT2D eigenvalue weighted by Crippen LogP contribution is -2.34. The van der Waals surface area contributed by atoms with Gasteiger partial charge >= 0.3 is 5.97 Å². The van der Waals surface area contributed by atoms with E-state index in [2.05, 4.69) is 10.3 Å². The summed E-state index contributed by atoms with van der Waals surface area (Å²) in [6.07, 6.45) is 3.98. The minimum absolute atomic E-state index is 0.139. The molecule has 0 aliphatic heterocycles. The highest BCUT2D eigenvalue weighted by molar-refractivity contribution is 7.11. The maximum atomic E-state index is 12.2. The number of thiazole rings is 1. The number of aryl methyl sites for hydroxylation is 1. The molecule has 3 unspecified atom stereocenters. The summed E-state index contributed by atoms with van der Waals surface area (Å²) < 4.78 is 0. The second-order valence-corrected chi connectivity index (χ2v) is 6.68. The van der Waals surface area contributed by atoms with Crippen LogP contribution < -0.4 is 5.32 Å². The molecule has 1 aliphatic rings. The zero-order valence-electron chi connectivity index (χ0n) is 11.8. The van der Waals surface area contributed by atoms with Crippen LogP contribution in [0.2, 0.25) is 0 Å². The molecule has 1 aliphatic carbocycles. The Balaban J connectivity index is 1.95. The molecule has 5 nitrogen and oxygen atoms in total. The van der Waals surface area contributed by atoms with E-state index < -0.39 is 17.8 Å². The standard InChI is InChI=1S/C14H20N2O3S/c1-3-9-4-11(12(5-9)14(18)19)13(17)16-7-10-6-15-8(2)20-10/h6,9,11-12H,3-5,7H2,1-2H3,(H,16,17)(H,18,19). The number of carbonyl (C=O) groups is 2. The van der Waals surface area contributed by atoms with Crippen LogP contribution in [0.1, 0.15) is 36.1 Å². The molecule has 0 bridgehead atoms. The number of carboxylic acids is 1. The van der Waals surface area contributed by atoms with E-state index in [-0.39, 0.29) is 5.91 Å². The number of rotatable bonds is 5. The highest BCUT2D eigenvalue weighted by Gasteiger charge is 2.41. The number of carbonyl (C=O) groups excluding carboxylic acids is 1. The second-order valence-electron chi connectivity index (χ2n) is 5.36. The number of nitrogens with one attached hydrogen (secondary N) is 1. The zero-order valence-corrected chi connectivity index (χ0v) is 12.6. The van der Waals surface area contributed by atoms with Gasteiger partial charge in [0.25, 0.3) is 0 Å². The van der Waals surface area contributed by atoms with Crippen LogP contribution in [-0.4, -0.2) is 22.0 Å². The molecule has 1 heterocycles. The van der Waals surface area contributed by atoms with Crippen LogP contribution in [-0.2, 0) is 16.1 Å². The van der Waals surface area contributed by atoms with E-state index in [0.29, 0.717) is 25.3 Å². The highest BCUT2D eigenvalue weighted by Crippen LogP contribution is 2.38. The van der Waals surface area contributed by atoms with Gasteiger partial charge < -0.3 is 10.4 Å². The van der Waals surface area contributed by atoms with Crippen molar-refractivity contribution in [1.82, 2.24) is 10.3 Å². The fraction of sp³-hybridized carbons (Fsp3) is 0.643. The van der Waals surface area contributed by atoms with Crippen molar-refractivity contribution in [1.29, 1.82) is 0 Å². The number of carboxylic acid groups (broad SMARTS) is 1. The summed E-state index contributed by atoms with van der Waals surface area (Å²) in [7, 11) is 0.